The first-order valence-corrected chi connectivity index (χ1v) is 6.26. The minimum atomic E-state index is 0.419. The fourth-order valence-electron chi connectivity index (χ4n) is 1.19. The van der Waals surface area contributed by atoms with E-state index in [0.717, 1.165) is 26.1 Å². The molecule has 0 bridgehead atoms. The zero-order valence-corrected chi connectivity index (χ0v) is 10.8. The predicted octanol–water partition coefficient (Wildman–Crippen LogP) is 1.48. The molecule has 1 aromatic rings. The number of ether oxygens (including phenoxy) is 1. The average Bonchev–Trinajstić information content (AvgIpc) is 2.63. The molecular formula is C10H19N3O2S. The molecule has 1 rings (SSSR count). The topological polar surface area (TPSA) is 60.2 Å². The number of hydrogen-bond acceptors (Lipinski definition) is 6. The Labute approximate surface area is 100 Å². The molecular weight excluding hydrogens is 226 g/mol. The van der Waals surface area contributed by atoms with E-state index < -0.39 is 0 Å². The summed E-state index contributed by atoms with van der Waals surface area (Å²) in [6.45, 7) is 6.63. The Kier molecular flexibility index (Phi) is 6.44. The highest BCUT2D eigenvalue weighted by atomic mass is 32.2. The summed E-state index contributed by atoms with van der Waals surface area (Å²) in [5, 5.41) is 12.1. The minimum absolute atomic E-state index is 0.419. The van der Waals surface area contributed by atoms with E-state index in [2.05, 4.69) is 22.4 Å². The number of aryl methyl sites for hydroxylation is 1. The Morgan fingerprint density at radius 1 is 1.50 bits per heavy atom. The van der Waals surface area contributed by atoms with Gasteiger partial charge >= 0.3 is 0 Å². The van der Waals surface area contributed by atoms with Crippen molar-refractivity contribution in [1.29, 1.82) is 0 Å². The zero-order valence-electron chi connectivity index (χ0n) is 10.0. The van der Waals surface area contributed by atoms with Gasteiger partial charge in [-0.05, 0) is 13.0 Å². The third kappa shape index (κ3) is 5.48. The molecule has 5 nitrogen and oxygen atoms in total. The molecule has 0 saturated carbocycles. The minimum Gasteiger partial charge on any atom is -0.416 e. The lowest BCUT2D eigenvalue weighted by Crippen LogP contribution is -2.24. The third-order valence-electron chi connectivity index (χ3n) is 1.94. The van der Waals surface area contributed by atoms with Crippen molar-refractivity contribution < 1.29 is 9.15 Å². The third-order valence-corrected chi connectivity index (χ3v) is 2.88. The summed E-state index contributed by atoms with van der Waals surface area (Å²) in [6, 6.07) is 0. The van der Waals surface area contributed by atoms with E-state index >= 15 is 0 Å². The normalized spacial score (nSPS) is 12.9. The number of nitrogens with zero attached hydrogens (tertiary/aromatic N) is 2. The standard InChI is InChI=1S/C10H19N3O2S/c1-8(7-11-5-4-6-14-3)16-10-13-12-9(2)15-10/h8,11H,4-7H2,1-3H3. The quantitative estimate of drug-likeness (QED) is 0.553. The molecule has 0 spiro atoms. The van der Waals surface area contributed by atoms with Gasteiger partial charge in [0.15, 0.2) is 0 Å². The van der Waals surface area contributed by atoms with Crippen LogP contribution in [-0.2, 0) is 4.74 Å². The molecule has 92 valence electrons. The maximum absolute atomic E-state index is 5.29. The van der Waals surface area contributed by atoms with Crippen LogP contribution in [0.1, 0.15) is 19.2 Å². The number of aromatic nitrogens is 2. The van der Waals surface area contributed by atoms with E-state index in [9.17, 15) is 0 Å². The fourth-order valence-corrected chi connectivity index (χ4v) is 1.99. The van der Waals surface area contributed by atoms with E-state index in [0.29, 0.717) is 16.4 Å². The van der Waals surface area contributed by atoms with Crippen LogP contribution in [0.25, 0.3) is 0 Å². The monoisotopic (exact) mass is 245 g/mol. The first-order valence-electron chi connectivity index (χ1n) is 5.38. The van der Waals surface area contributed by atoms with E-state index in [-0.39, 0.29) is 0 Å². The predicted molar refractivity (Wildman–Crippen MR) is 63.7 cm³/mol. The Bertz CT molecular complexity index is 293. The summed E-state index contributed by atoms with van der Waals surface area (Å²) < 4.78 is 10.3. The Morgan fingerprint density at radius 2 is 2.31 bits per heavy atom. The van der Waals surface area contributed by atoms with E-state index in [1.807, 2.05) is 0 Å². The van der Waals surface area contributed by atoms with Gasteiger partial charge in [0.2, 0.25) is 5.89 Å². The number of rotatable bonds is 8. The summed E-state index contributed by atoms with van der Waals surface area (Å²) in [5.41, 5.74) is 0. The number of thioether (sulfide) groups is 1. The van der Waals surface area contributed by atoms with Crippen molar-refractivity contribution in [3.05, 3.63) is 5.89 Å². The lowest BCUT2D eigenvalue weighted by Gasteiger charge is -2.09. The Balaban J connectivity index is 2.09. The van der Waals surface area contributed by atoms with E-state index in [1.54, 1.807) is 25.8 Å². The maximum atomic E-state index is 5.29. The highest BCUT2D eigenvalue weighted by molar-refractivity contribution is 7.99. The van der Waals surface area contributed by atoms with E-state index in [1.165, 1.54) is 0 Å². The van der Waals surface area contributed by atoms with Crippen LogP contribution in [0.15, 0.2) is 9.64 Å². The SMILES string of the molecule is COCCCNCC(C)Sc1nnc(C)o1. The molecule has 0 aliphatic rings. The Hall–Kier alpha value is -0.590. The van der Waals surface area contributed by atoms with Crippen LogP contribution in [0, 0.1) is 6.92 Å². The van der Waals surface area contributed by atoms with Crippen LogP contribution in [-0.4, -0.2) is 42.3 Å². The first-order chi connectivity index (χ1) is 7.72. The second kappa shape index (κ2) is 7.65. The lowest BCUT2D eigenvalue weighted by molar-refractivity contribution is 0.194. The van der Waals surface area contributed by atoms with E-state index in [4.69, 9.17) is 9.15 Å². The average molecular weight is 245 g/mol. The van der Waals surface area contributed by atoms with Crippen molar-refractivity contribution in [1.82, 2.24) is 15.5 Å². The highest BCUT2D eigenvalue weighted by Crippen LogP contribution is 2.20. The summed E-state index contributed by atoms with van der Waals surface area (Å²) in [5.74, 6) is 0.614. The van der Waals surface area contributed by atoms with Crippen molar-refractivity contribution in [2.24, 2.45) is 0 Å². The van der Waals surface area contributed by atoms with Crippen molar-refractivity contribution in [2.45, 2.75) is 30.7 Å². The van der Waals surface area contributed by atoms with Crippen LogP contribution >= 0.6 is 11.8 Å². The van der Waals surface area contributed by atoms with Crippen LogP contribution in [0.3, 0.4) is 0 Å². The largest absolute Gasteiger partial charge is 0.416 e. The second-order valence-electron chi connectivity index (χ2n) is 3.57. The molecule has 0 radical (unpaired) electrons. The first kappa shape index (κ1) is 13.5. The molecule has 1 atom stereocenters. The van der Waals surface area contributed by atoms with Gasteiger partial charge in [-0.15, -0.1) is 10.2 Å². The summed E-state index contributed by atoms with van der Waals surface area (Å²) in [7, 11) is 1.72. The second-order valence-corrected chi connectivity index (χ2v) is 4.96. The molecule has 0 saturated heterocycles. The van der Waals surface area contributed by atoms with Gasteiger partial charge in [0.25, 0.3) is 5.22 Å². The molecule has 1 aromatic heterocycles. The van der Waals surface area contributed by atoms with Gasteiger partial charge < -0.3 is 14.5 Å². The van der Waals surface area contributed by atoms with Gasteiger partial charge in [0.05, 0.1) is 0 Å². The van der Waals surface area contributed by atoms with Crippen LogP contribution in [0.2, 0.25) is 0 Å². The van der Waals surface area contributed by atoms with Crippen molar-refractivity contribution >= 4 is 11.8 Å². The van der Waals surface area contributed by atoms with Gasteiger partial charge in [-0.25, -0.2) is 0 Å². The van der Waals surface area contributed by atoms with Crippen LogP contribution in [0.4, 0.5) is 0 Å². The van der Waals surface area contributed by atoms with Gasteiger partial charge in [0.1, 0.15) is 0 Å². The Morgan fingerprint density at radius 3 is 2.94 bits per heavy atom. The van der Waals surface area contributed by atoms with Crippen molar-refractivity contribution in [3.63, 3.8) is 0 Å². The summed E-state index contributed by atoms with van der Waals surface area (Å²) in [4.78, 5) is 0. The van der Waals surface area contributed by atoms with Crippen molar-refractivity contribution in [2.75, 3.05) is 26.8 Å². The van der Waals surface area contributed by atoms with Crippen molar-refractivity contribution in [3.8, 4) is 0 Å². The molecule has 0 aromatic carbocycles. The van der Waals surface area contributed by atoms with Gasteiger partial charge in [-0.3, -0.25) is 0 Å². The smallest absolute Gasteiger partial charge is 0.276 e. The molecule has 0 aliphatic carbocycles. The molecule has 6 heteroatoms. The molecule has 1 unspecified atom stereocenters. The molecule has 0 amide bonds. The lowest BCUT2D eigenvalue weighted by atomic mass is 10.4. The summed E-state index contributed by atoms with van der Waals surface area (Å²) >= 11 is 1.59. The fraction of sp³-hybridized carbons (Fsp3) is 0.800. The summed E-state index contributed by atoms with van der Waals surface area (Å²) in [6.07, 6.45) is 1.04. The number of nitrogens with one attached hydrogen (secondary N) is 1. The molecule has 0 fully saturated rings. The van der Waals surface area contributed by atoms with Crippen LogP contribution in [0.5, 0.6) is 0 Å². The maximum Gasteiger partial charge on any atom is 0.276 e. The molecule has 0 aliphatic heterocycles. The van der Waals surface area contributed by atoms with Gasteiger partial charge in [0, 0.05) is 32.4 Å². The molecule has 1 N–H and O–H groups in total. The van der Waals surface area contributed by atoms with Gasteiger partial charge in [-0.1, -0.05) is 18.7 Å². The van der Waals surface area contributed by atoms with Gasteiger partial charge in [-0.2, -0.15) is 0 Å². The highest BCUT2D eigenvalue weighted by Gasteiger charge is 2.09. The molecule has 1 heterocycles. The number of methoxy groups -OCH3 is 1. The zero-order chi connectivity index (χ0) is 11.8. The molecule has 16 heavy (non-hydrogen) atoms. The van der Waals surface area contributed by atoms with Crippen LogP contribution < -0.4 is 5.32 Å². The number of hydrogen-bond donors (Lipinski definition) is 1.